The van der Waals surface area contributed by atoms with Crippen LogP contribution in [0.2, 0.25) is 0 Å². The Morgan fingerprint density at radius 2 is 1.94 bits per heavy atom. The molecule has 0 saturated heterocycles. The number of esters is 1. The van der Waals surface area contributed by atoms with Crippen LogP contribution in [0.1, 0.15) is 43.2 Å². The van der Waals surface area contributed by atoms with Crippen LogP contribution in [0.4, 0.5) is 0 Å². The zero-order valence-corrected chi connectivity index (χ0v) is 19.2. The van der Waals surface area contributed by atoms with E-state index in [0.717, 1.165) is 39.0 Å². The number of hydrogen-bond donors (Lipinski definition) is 0. The van der Waals surface area contributed by atoms with Gasteiger partial charge >= 0.3 is 5.97 Å². The van der Waals surface area contributed by atoms with Crippen molar-refractivity contribution in [2.45, 2.75) is 40.7 Å². The number of fused-ring (bicyclic) bond motifs is 1. The summed E-state index contributed by atoms with van der Waals surface area (Å²) in [7, 11) is 0. The molecule has 3 aromatic rings. The number of carbonyl (C=O) groups excluding carboxylic acids is 1. The molecular weight excluding hydrogens is 400 g/mol. The van der Waals surface area contributed by atoms with Gasteiger partial charge in [-0.1, -0.05) is 48.6 Å². The minimum absolute atomic E-state index is 0.183. The average molecular weight is 431 g/mol. The van der Waals surface area contributed by atoms with Crippen LogP contribution < -0.4 is 4.74 Å². The molecule has 0 aliphatic carbocycles. The Morgan fingerprint density at radius 3 is 2.66 bits per heavy atom. The summed E-state index contributed by atoms with van der Waals surface area (Å²) in [6, 6.07) is 13.8. The first-order chi connectivity index (χ1) is 15.4. The number of allylic oxidation sites excluding steroid dienone is 5. The fourth-order valence-corrected chi connectivity index (χ4v) is 3.61. The SMILES string of the molecule is C=C/C=C(\C=C(C)C)c1cc(COc2ccccc2CC(=O)OCC)cc2cc(C)oc12. The third kappa shape index (κ3) is 5.79. The lowest BCUT2D eigenvalue weighted by Crippen LogP contribution is -2.09. The third-order valence-electron chi connectivity index (χ3n) is 4.86. The first kappa shape index (κ1) is 23.1. The summed E-state index contributed by atoms with van der Waals surface area (Å²) < 4.78 is 17.2. The first-order valence-corrected chi connectivity index (χ1v) is 10.8. The van der Waals surface area contributed by atoms with Gasteiger partial charge in [-0.3, -0.25) is 4.79 Å². The Balaban J connectivity index is 1.94. The van der Waals surface area contributed by atoms with Crippen molar-refractivity contribution >= 4 is 22.5 Å². The molecule has 0 saturated carbocycles. The van der Waals surface area contributed by atoms with Crippen LogP contribution in [0.25, 0.3) is 16.5 Å². The smallest absolute Gasteiger partial charge is 0.310 e. The first-order valence-electron chi connectivity index (χ1n) is 10.8. The zero-order valence-electron chi connectivity index (χ0n) is 19.2. The molecule has 0 N–H and O–H groups in total. The molecule has 0 unspecified atom stereocenters. The molecule has 0 aliphatic heterocycles. The number of rotatable bonds is 9. The highest BCUT2D eigenvalue weighted by Gasteiger charge is 2.14. The van der Waals surface area contributed by atoms with Crippen molar-refractivity contribution < 1.29 is 18.7 Å². The Kier molecular flexibility index (Phi) is 7.72. The predicted octanol–water partition coefficient (Wildman–Crippen LogP) is 6.96. The molecule has 4 nitrogen and oxygen atoms in total. The zero-order chi connectivity index (χ0) is 23.1. The summed E-state index contributed by atoms with van der Waals surface area (Å²) in [6.07, 6.45) is 6.07. The van der Waals surface area contributed by atoms with E-state index in [1.54, 1.807) is 13.0 Å². The Hall–Kier alpha value is -3.53. The molecule has 1 heterocycles. The van der Waals surface area contributed by atoms with Gasteiger partial charge < -0.3 is 13.9 Å². The van der Waals surface area contributed by atoms with E-state index in [-0.39, 0.29) is 12.4 Å². The highest BCUT2D eigenvalue weighted by Crippen LogP contribution is 2.32. The van der Waals surface area contributed by atoms with Crippen molar-refractivity contribution in [1.82, 2.24) is 0 Å². The van der Waals surface area contributed by atoms with Crippen LogP contribution in [0.15, 0.2) is 77.3 Å². The predicted molar refractivity (Wildman–Crippen MR) is 130 cm³/mol. The summed E-state index contributed by atoms with van der Waals surface area (Å²) in [5.74, 6) is 1.27. The maximum Gasteiger partial charge on any atom is 0.310 e. The molecule has 0 aliphatic rings. The second-order valence-electron chi connectivity index (χ2n) is 7.88. The quantitative estimate of drug-likeness (QED) is 0.272. The van der Waals surface area contributed by atoms with Crippen LogP contribution in [0.5, 0.6) is 5.75 Å². The summed E-state index contributed by atoms with van der Waals surface area (Å²) in [6.45, 7) is 12.5. The van der Waals surface area contributed by atoms with Crippen LogP contribution in [0.3, 0.4) is 0 Å². The lowest BCUT2D eigenvalue weighted by atomic mass is 9.98. The van der Waals surface area contributed by atoms with Gasteiger partial charge in [0.1, 0.15) is 23.7 Å². The molecule has 32 heavy (non-hydrogen) atoms. The number of furan rings is 1. The largest absolute Gasteiger partial charge is 0.489 e. The minimum atomic E-state index is -0.262. The lowest BCUT2D eigenvalue weighted by Gasteiger charge is -2.13. The van der Waals surface area contributed by atoms with E-state index in [9.17, 15) is 4.79 Å². The Morgan fingerprint density at radius 1 is 1.16 bits per heavy atom. The molecule has 3 rings (SSSR count). The van der Waals surface area contributed by atoms with E-state index in [0.29, 0.717) is 19.0 Å². The van der Waals surface area contributed by atoms with E-state index >= 15 is 0 Å². The second-order valence-corrected chi connectivity index (χ2v) is 7.88. The van der Waals surface area contributed by atoms with Crippen molar-refractivity contribution in [3.8, 4) is 5.75 Å². The van der Waals surface area contributed by atoms with Gasteiger partial charge in [0.15, 0.2) is 0 Å². The number of hydrogen-bond acceptors (Lipinski definition) is 4. The summed E-state index contributed by atoms with van der Waals surface area (Å²) >= 11 is 0. The number of aryl methyl sites for hydroxylation is 1. The van der Waals surface area contributed by atoms with Crippen molar-refractivity contribution in [3.05, 3.63) is 95.3 Å². The molecule has 0 amide bonds. The number of ether oxygens (including phenoxy) is 2. The molecule has 0 atom stereocenters. The molecule has 0 fully saturated rings. The summed E-state index contributed by atoms with van der Waals surface area (Å²) in [5, 5.41) is 1.02. The highest BCUT2D eigenvalue weighted by molar-refractivity contribution is 5.94. The van der Waals surface area contributed by atoms with E-state index in [1.165, 1.54) is 5.57 Å². The summed E-state index contributed by atoms with van der Waals surface area (Å²) in [4.78, 5) is 11.9. The maximum atomic E-state index is 11.9. The molecule has 0 spiro atoms. The van der Waals surface area contributed by atoms with Crippen LogP contribution in [-0.4, -0.2) is 12.6 Å². The number of carbonyl (C=O) groups is 1. The summed E-state index contributed by atoms with van der Waals surface area (Å²) in [5.41, 5.74) is 5.88. The average Bonchev–Trinajstić information content (AvgIpc) is 3.12. The monoisotopic (exact) mass is 430 g/mol. The Bertz CT molecular complexity index is 1170. The highest BCUT2D eigenvalue weighted by atomic mass is 16.5. The van der Waals surface area contributed by atoms with Crippen molar-refractivity contribution in [1.29, 1.82) is 0 Å². The van der Waals surface area contributed by atoms with E-state index < -0.39 is 0 Å². The third-order valence-corrected chi connectivity index (χ3v) is 4.86. The lowest BCUT2D eigenvalue weighted by molar-refractivity contribution is -0.142. The van der Waals surface area contributed by atoms with Gasteiger partial charge in [-0.15, -0.1) is 0 Å². The van der Waals surface area contributed by atoms with E-state index in [1.807, 2.05) is 43.3 Å². The van der Waals surface area contributed by atoms with Gasteiger partial charge in [0.25, 0.3) is 0 Å². The van der Waals surface area contributed by atoms with E-state index in [4.69, 9.17) is 13.9 Å². The molecule has 166 valence electrons. The normalized spacial score (nSPS) is 11.3. The number of benzene rings is 2. The molecule has 2 aromatic carbocycles. The van der Waals surface area contributed by atoms with Gasteiger partial charge in [0.05, 0.1) is 13.0 Å². The van der Waals surface area contributed by atoms with Crippen LogP contribution in [0, 0.1) is 6.92 Å². The van der Waals surface area contributed by atoms with Gasteiger partial charge in [-0.2, -0.15) is 0 Å². The number of para-hydroxylation sites is 1. The van der Waals surface area contributed by atoms with Crippen LogP contribution >= 0.6 is 0 Å². The van der Waals surface area contributed by atoms with Crippen molar-refractivity contribution in [2.75, 3.05) is 6.61 Å². The van der Waals surface area contributed by atoms with Crippen molar-refractivity contribution in [3.63, 3.8) is 0 Å². The molecular formula is C28H30O4. The maximum absolute atomic E-state index is 11.9. The molecule has 4 heteroatoms. The molecule has 1 aromatic heterocycles. The standard InChI is InChI=1S/C28H30O4/c1-6-10-22(13-19(3)4)25-16-21(15-24-14-20(5)32-28(24)25)18-31-26-12-9-8-11-23(26)17-27(29)30-7-2/h6,8-16H,1,7,17-18H2,2-5H3/b22-10+. The Labute approximate surface area is 189 Å². The molecule has 0 bridgehead atoms. The minimum Gasteiger partial charge on any atom is -0.489 e. The van der Waals surface area contributed by atoms with Gasteiger partial charge in [0, 0.05) is 16.5 Å². The van der Waals surface area contributed by atoms with Gasteiger partial charge in [0.2, 0.25) is 0 Å². The second kappa shape index (κ2) is 10.7. The van der Waals surface area contributed by atoms with Crippen LogP contribution in [-0.2, 0) is 22.6 Å². The van der Waals surface area contributed by atoms with Crippen molar-refractivity contribution in [2.24, 2.45) is 0 Å². The van der Waals surface area contributed by atoms with Gasteiger partial charge in [-0.05, 0) is 63.1 Å². The fourth-order valence-electron chi connectivity index (χ4n) is 3.61. The topological polar surface area (TPSA) is 48.7 Å². The fraction of sp³-hybridized carbons (Fsp3) is 0.250. The molecule has 0 radical (unpaired) electrons. The van der Waals surface area contributed by atoms with E-state index in [2.05, 4.69) is 38.6 Å². The van der Waals surface area contributed by atoms with Gasteiger partial charge in [-0.25, -0.2) is 0 Å².